The SMILES string of the molecule is Cc1ccc2nc(-c3nc4cc(Cl)ccc4o3)cc(C)c2c1. The molecule has 0 fully saturated rings. The van der Waals surface area contributed by atoms with Gasteiger partial charge < -0.3 is 4.42 Å². The molecule has 2 heterocycles. The highest BCUT2D eigenvalue weighted by atomic mass is 35.5. The zero-order valence-electron chi connectivity index (χ0n) is 12.2. The van der Waals surface area contributed by atoms with E-state index in [0.717, 1.165) is 27.7 Å². The highest BCUT2D eigenvalue weighted by molar-refractivity contribution is 6.31. The third-order valence-electron chi connectivity index (χ3n) is 3.74. The van der Waals surface area contributed by atoms with E-state index in [-0.39, 0.29) is 0 Å². The van der Waals surface area contributed by atoms with Crippen LogP contribution >= 0.6 is 11.6 Å². The van der Waals surface area contributed by atoms with Crippen LogP contribution in [0.2, 0.25) is 5.02 Å². The maximum absolute atomic E-state index is 5.99. The van der Waals surface area contributed by atoms with E-state index in [0.29, 0.717) is 16.5 Å². The molecule has 0 saturated heterocycles. The third kappa shape index (κ3) is 2.14. The van der Waals surface area contributed by atoms with Crippen molar-refractivity contribution in [1.82, 2.24) is 9.97 Å². The summed E-state index contributed by atoms with van der Waals surface area (Å²) in [5.74, 6) is 0.517. The number of aryl methyl sites for hydroxylation is 2. The number of aromatic nitrogens is 2. The Kier molecular flexibility index (Phi) is 2.91. The molecule has 4 rings (SSSR count). The molecule has 0 aliphatic carbocycles. The van der Waals surface area contributed by atoms with E-state index in [2.05, 4.69) is 35.9 Å². The Bertz CT molecular complexity index is 1020. The molecule has 0 aliphatic heterocycles. The number of oxazole rings is 1. The van der Waals surface area contributed by atoms with Gasteiger partial charge in [-0.05, 0) is 55.8 Å². The first kappa shape index (κ1) is 13.3. The summed E-state index contributed by atoms with van der Waals surface area (Å²) >= 11 is 5.99. The maximum atomic E-state index is 5.99. The fraction of sp³-hybridized carbons (Fsp3) is 0.111. The van der Waals surface area contributed by atoms with Gasteiger partial charge in [-0.15, -0.1) is 0 Å². The molecule has 22 heavy (non-hydrogen) atoms. The van der Waals surface area contributed by atoms with E-state index in [1.807, 2.05) is 18.2 Å². The van der Waals surface area contributed by atoms with E-state index in [1.54, 1.807) is 12.1 Å². The van der Waals surface area contributed by atoms with Crippen LogP contribution < -0.4 is 0 Å². The Morgan fingerprint density at radius 2 is 1.77 bits per heavy atom. The van der Waals surface area contributed by atoms with Gasteiger partial charge in [0, 0.05) is 10.4 Å². The highest BCUT2D eigenvalue weighted by Crippen LogP contribution is 2.28. The van der Waals surface area contributed by atoms with Crippen molar-refractivity contribution in [3.8, 4) is 11.6 Å². The molecule has 3 nitrogen and oxygen atoms in total. The smallest absolute Gasteiger partial charge is 0.246 e. The summed E-state index contributed by atoms with van der Waals surface area (Å²) < 4.78 is 5.80. The molecule has 0 radical (unpaired) electrons. The Morgan fingerprint density at radius 1 is 0.909 bits per heavy atom. The second-order valence-electron chi connectivity index (χ2n) is 5.48. The lowest BCUT2D eigenvalue weighted by Crippen LogP contribution is -1.89. The van der Waals surface area contributed by atoms with Crippen molar-refractivity contribution in [3.63, 3.8) is 0 Å². The summed E-state index contributed by atoms with van der Waals surface area (Å²) in [4.78, 5) is 9.17. The van der Waals surface area contributed by atoms with Crippen LogP contribution in [0.4, 0.5) is 0 Å². The fourth-order valence-electron chi connectivity index (χ4n) is 2.63. The van der Waals surface area contributed by atoms with Crippen LogP contribution in [0.25, 0.3) is 33.6 Å². The molecule has 4 heteroatoms. The number of benzene rings is 2. The molecule has 2 aromatic heterocycles. The lowest BCUT2D eigenvalue weighted by molar-refractivity contribution is 0.617. The highest BCUT2D eigenvalue weighted by Gasteiger charge is 2.12. The zero-order valence-corrected chi connectivity index (χ0v) is 13.0. The van der Waals surface area contributed by atoms with E-state index in [9.17, 15) is 0 Å². The number of halogens is 1. The summed E-state index contributed by atoms with van der Waals surface area (Å²) in [7, 11) is 0. The first-order valence-corrected chi connectivity index (χ1v) is 7.42. The van der Waals surface area contributed by atoms with Gasteiger partial charge in [0.2, 0.25) is 5.89 Å². The normalized spacial score (nSPS) is 11.4. The van der Waals surface area contributed by atoms with Crippen LogP contribution in [-0.4, -0.2) is 9.97 Å². The Labute approximate surface area is 132 Å². The van der Waals surface area contributed by atoms with E-state index in [4.69, 9.17) is 16.0 Å². The van der Waals surface area contributed by atoms with Crippen molar-refractivity contribution in [2.24, 2.45) is 0 Å². The number of hydrogen-bond donors (Lipinski definition) is 0. The maximum Gasteiger partial charge on any atom is 0.246 e. The average Bonchev–Trinajstić information content (AvgIpc) is 2.91. The predicted octanol–water partition coefficient (Wildman–Crippen LogP) is 5.31. The molecule has 0 bridgehead atoms. The van der Waals surface area contributed by atoms with Crippen LogP contribution in [-0.2, 0) is 0 Å². The van der Waals surface area contributed by atoms with Gasteiger partial charge in [-0.25, -0.2) is 9.97 Å². The summed E-state index contributed by atoms with van der Waals surface area (Å²) in [5, 5.41) is 1.80. The van der Waals surface area contributed by atoms with Crippen LogP contribution in [0.1, 0.15) is 11.1 Å². The monoisotopic (exact) mass is 308 g/mol. The van der Waals surface area contributed by atoms with Gasteiger partial charge in [-0.1, -0.05) is 23.2 Å². The van der Waals surface area contributed by atoms with Crippen molar-refractivity contribution < 1.29 is 4.42 Å². The number of hydrogen-bond acceptors (Lipinski definition) is 3. The van der Waals surface area contributed by atoms with E-state index in [1.165, 1.54) is 5.56 Å². The van der Waals surface area contributed by atoms with Crippen LogP contribution in [0, 0.1) is 13.8 Å². The molecule has 108 valence electrons. The number of rotatable bonds is 1. The van der Waals surface area contributed by atoms with E-state index < -0.39 is 0 Å². The quantitative estimate of drug-likeness (QED) is 0.478. The predicted molar refractivity (Wildman–Crippen MR) is 89.2 cm³/mol. The molecule has 0 saturated carbocycles. The van der Waals surface area contributed by atoms with Crippen LogP contribution in [0.15, 0.2) is 46.9 Å². The molecule has 4 aromatic rings. The van der Waals surface area contributed by atoms with Gasteiger partial charge in [-0.3, -0.25) is 0 Å². The molecule has 0 N–H and O–H groups in total. The molecule has 2 aromatic carbocycles. The first-order valence-electron chi connectivity index (χ1n) is 7.05. The molecule has 0 atom stereocenters. The number of pyridine rings is 1. The van der Waals surface area contributed by atoms with E-state index >= 15 is 0 Å². The second kappa shape index (κ2) is 4.82. The zero-order chi connectivity index (χ0) is 15.3. The second-order valence-corrected chi connectivity index (χ2v) is 5.91. The van der Waals surface area contributed by atoms with Crippen molar-refractivity contribution in [2.45, 2.75) is 13.8 Å². The molecule has 0 unspecified atom stereocenters. The Morgan fingerprint density at radius 3 is 2.64 bits per heavy atom. The van der Waals surface area contributed by atoms with Crippen molar-refractivity contribution in [3.05, 3.63) is 58.6 Å². The van der Waals surface area contributed by atoms with Crippen molar-refractivity contribution in [1.29, 1.82) is 0 Å². The van der Waals surface area contributed by atoms with Gasteiger partial charge in [0.25, 0.3) is 0 Å². The molecule has 0 amide bonds. The molecule has 0 aliphatic rings. The minimum atomic E-state index is 0.517. The summed E-state index contributed by atoms with van der Waals surface area (Å²) in [5.41, 5.74) is 5.52. The third-order valence-corrected chi connectivity index (χ3v) is 3.97. The number of fused-ring (bicyclic) bond motifs is 2. The first-order chi connectivity index (χ1) is 10.6. The van der Waals surface area contributed by atoms with Gasteiger partial charge in [0.15, 0.2) is 5.58 Å². The summed E-state index contributed by atoms with van der Waals surface area (Å²) in [6.07, 6.45) is 0. The van der Waals surface area contributed by atoms with Crippen molar-refractivity contribution >= 4 is 33.6 Å². The van der Waals surface area contributed by atoms with Gasteiger partial charge in [-0.2, -0.15) is 0 Å². The standard InChI is InChI=1S/C18H13ClN2O/c1-10-3-5-14-13(7-10)11(2)8-16(20-14)18-21-15-9-12(19)4-6-17(15)22-18/h3-9H,1-2H3. The molecular weight excluding hydrogens is 296 g/mol. The molecular formula is C18H13ClN2O. The minimum absolute atomic E-state index is 0.517. The van der Waals surface area contributed by atoms with Gasteiger partial charge in [0.05, 0.1) is 5.52 Å². The molecule has 0 spiro atoms. The lowest BCUT2D eigenvalue weighted by Gasteiger charge is -2.05. The number of nitrogens with zero attached hydrogens (tertiary/aromatic N) is 2. The Hall–Kier alpha value is -2.39. The lowest BCUT2D eigenvalue weighted by atomic mass is 10.1. The minimum Gasteiger partial charge on any atom is -0.435 e. The van der Waals surface area contributed by atoms with Crippen LogP contribution in [0.5, 0.6) is 0 Å². The average molecular weight is 309 g/mol. The van der Waals surface area contributed by atoms with Gasteiger partial charge in [0.1, 0.15) is 11.2 Å². The van der Waals surface area contributed by atoms with Crippen LogP contribution in [0.3, 0.4) is 0 Å². The topological polar surface area (TPSA) is 38.9 Å². The fourth-order valence-corrected chi connectivity index (χ4v) is 2.79. The van der Waals surface area contributed by atoms with Gasteiger partial charge >= 0.3 is 0 Å². The largest absolute Gasteiger partial charge is 0.435 e. The summed E-state index contributed by atoms with van der Waals surface area (Å²) in [6, 6.07) is 13.7. The summed E-state index contributed by atoms with van der Waals surface area (Å²) in [6.45, 7) is 4.16. The van der Waals surface area contributed by atoms with Crippen molar-refractivity contribution in [2.75, 3.05) is 0 Å². The Balaban J connectivity index is 1.93.